The maximum absolute atomic E-state index is 2.56. The van der Waals surface area contributed by atoms with Crippen LogP contribution < -0.4 is 0 Å². The zero-order valence-electron chi connectivity index (χ0n) is 28.2. The highest BCUT2D eigenvalue weighted by Crippen LogP contribution is 2.71. The summed E-state index contributed by atoms with van der Waals surface area (Å²) in [6, 6.07) is 55.8. The van der Waals surface area contributed by atoms with Crippen LogP contribution >= 0.6 is 0 Å². The zero-order chi connectivity index (χ0) is 32.6. The van der Waals surface area contributed by atoms with Crippen molar-refractivity contribution >= 4 is 43.1 Å². The molecular formula is C50H38. The fourth-order valence-corrected chi connectivity index (χ4v) is 12.3. The van der Waals surface area contributed by atoms with Crippen LogP contribution in [-0.4, -0.2) is 0 Å². The SMILES string of the molecule is c1ccc2c(c1)-c1c(-c3c4ccccc4c(-c4ccc5ccccc5c4)c4ccccc34)cc3ccccc3c1C21C2CC3CC(C2)CC1C3. The highest BCUT2D eigenvalue weighted by atomic mass is 14.6. The molecule has 4 bridgehead atoms. The quantitative estimate of drug-likeness (QED) is 0.165. The van der Waals surface area contributed by atoms with Crippen molar-refractivity contribution in [3.8, 4) is 33.4 Å². The predicted octanol–water partition coefficient (Wildman–Crippen LogP) is 13.4. The molecule has 238 valence electrons. The lowest BCUT2D eigenvalue weighted by Gasteiger charge is -2.61. The molecule has 0 amide bonds. The summed E-state index contributed by atoms with van der Waals surface area (Å²) in [6.07, 6.45) is 7.05. The molecule has 4 fully saturated rings. The summed E-state index contributed by atoms with van der Waals surface area (Å²) in [4.78, 5) is 0. The molecule has 0 heterocycles. The Hall–Kier alpha value is -5.20. The molecule has 50 heavy (non-hydrogen) atoms. The standard InChI is InChI=1S/C50H38/c1-2-12-33-28-35(22-21-32(33)11-1)46-39-15-5-7-17-41(39)47(42-18-8-6-16-40(42)46)44-29-34-13-3-4-14-38(34)49-48(44)43-19-9-10-20-45(43)50(49)36-24-30-23-31(26-36)27-37(50)25-30/h1-22,28-31,36-37H,23-27H2. The number of benzene rings is 8. The van der Waals surface area contributed by atoms with Gasteiger partial charge in [0.05, 0.1) is 0 Å². The van der Waals surface area contributed by atoms with Crippen molar-refractivity contribution < 1.29 is 0 Å². The Morgan fingerprint density at radius 1 is 0.380 bits per heavy atom. The van der Waals surface area contributed by atoms with Crippen molar-refractivity contribution in [3.63, 3.8) is 0 Å². The van der Waals surface area contributed by atoms with E-state index in [1.165, 1.54) is 109 Å². The lowest BCUT2D eigenvalue weighted by Crippen LogP contribution is -2.55. The van der Waals surface area contributed by atoms with Crippen LogP contribution in [0, 0.1) is 23.7 Å². The van der Waals surface area contributed by atoms with Gasteiger partial charge in [-0.3, -0.25) is 0 Å². The second-order valence-electron chi connectivity index (χ2n) is 16.0. The molecule has 0 radical (unpaired) electrons. The van der Waals surface area contributed by atoms with Gasteiger partial charge in [-0.25, -0.2) is 0 Å². The van der Waals surface area contributed by atoms with E-state index in [1.54, 1.807) is 11.1 Å². The molecule has 0 aliphatic heterocycles. The minimum absolute atomic E-state index is 0.103. The molecule has 8 aromatic carbocycles. The second kappa shape index (κ2) is 9.95. The molecule has 1 spiro atoms. The highest BCUT2D eigenvalue weighted by Gasteiger charge is 2.62. The highest BCUT2D eigenvalue weighted by molar-refractivity contribution is 6.24. The van der Waals surface area contributed by atoms with Crippen LogP contribution in [0.15, 0.2) is 146 Å². The van der Waals surface area contributed by atoms with E-state index in [0.29, 0.717) is 0 Å². The van der Waals surface area contributed by atoms with Crippen LogP contribution in [0.2, 0.25) is 0 Å². The Kier molecular flexibility index (Phi) is 5.49. The maximum atomic E-state index is 2.56. The van der Waals surface area contributed by atoms with E-state index in [9.17, 15) is 0 Å². The minimum atomic E-state index is 0.103. The molecular weight excluding hydrogens is 601 g/mol. The average Bonchev–Trinajstić information content (AvgIpc) is 3.47. The summed E-state index contributed by atoms with van der Waals surface area (Å²) in [5, 5.41) is 10.8. The van der Waals surface area contributed by atoms with Gasteiger partial charge < -0.3 is 0 Å². The van der Waals surface area contributed by atoms with Gasteiger partial charge in [-0.1, -0.05) is 133 Å². The Morgan fingerprint density at radius 2 is 0.920 bits per heavy atom. The van der Waals surface area contributed by atoms with Crippen LogP contribution in [0.4, 0.5) is 0 Å². The van der Waals surface area contributed by atoms with Crippen LogP contribution in [0.3, 0.4) is 0 Å². The average molecular weight is 639 g/mol. The van der Waals surface area contributed by atoms with Gasteiger partial charge in [-0.2, -0.15) is 0 Å². The Labute approximate surface area is 293 Å². The monoisotopic (exact) mass is 638 g/mol. The number of fused-ring (bicyclic) bond motifs is 8. The summed E-state index contributed by atoms with van der Waals surface area (Å²) < 4.78 is 0. The minimum Gasteiger partial charge on any atom is -0.0619 e. The fourth-order valence-electron chi connectivity index (χ4n) is 12.3. The van der Waals surface area contributed by atoms with Gasteiger partial charge in [0, 0.05) is 5.41 Å². The zero-order valence-corrected chi connectivity index (χ0v) is 28.2. The molecule has 13 rings (SSSR count). The molecule has 5 aliphatic rings. The van der Waals surface area contributed by atoms with Crippen molar-refractivity contribution in [2.45, 2.75) is 37.5 Å². The summed E-state index contributed by atoms with van der Waals surface area (Å²) in [5.74, 6) is 3.29. The third-order valence-corrected chi connectivity index (χ3v) is 13.8. The van der Waals surface area contributed by atoms with Crippen LogP contribution in [0.1, 0.15) is 43.2 Å². The van der Waals surface area contributed by atoms with E-state index in [0.717, 1.165) is 23.7 Å². The first-order chi connectivity index (χ1) is 24.8. The first-order valence-corrected chi connectivity index (χ1v) is 18.9. The van der Waals surface area contributed by atoms with Crippen molar-refractivity contribution in [2.24, 2.45) is 23.7 Å². The Bertz CT molecular complexity index is 2640. The molecule has 0 aromatic heterocycles. The first kappa shape index (κ1) is 27.6. The molecule has 0 heteroatoms. The predicted molar refractivity (Wildman–Crippen MR) is 211 cm³/mol. The molecule has 0 N–H and O–H groups in total. The van der Waals surface area contributed by atoms with Crippen molar-refractivity contribution in [1.29, 1.82) is 0 Å². The summed E-state index contributed by atoms with van der Waals surface area (Å²) in [7, 11) is 0. The molecule has 0 unspecified atom stereocenters. The van der Waals surface area contributed by atoms with E-state index in [4.69, 9.17) is 0 Å². The van der Waals surface area contributed by atoms with Gasteiger partial charge in [0.1, 0.15) is 0 Å². The largest absolute Gasteiger partial charge is 0.0619 e. The van der Waals surface area contributed by atoms with Crippen molar-refractivity contribution in [1.82, 2.24) is 0 Å². The van der Waals surface area contributed by atoms with E-state index < -0.39 is 0 Å². The van der Waals surface area contributed by atoms with E-state index in [1.807, 2.05) is 0 Å². The second-order valence-corrected chi connectivity index (χ2v) is 16.0. The lowest BCUT2D eigenvalue weighted by molar-refractivity contribution is -0.0393. The first-order valence-electron chi connectivity index (χ1n) is 18.9. The van der Waals surface area contributed by atoms with E-state index in [2.05, 4.69) is 146 Å². The molecule has 0 nitrogen and oxygen atoms in total. The van der Waals surface area contributed by atoms with Crippen LogP contribution in [-0.2, 0) is 5.41 Å². The van der Waals surface area contributed by atoms with Gasteiger partial charge in [-0.05, 0) is 156 Å². The third-order valence-electron chi connectivity index (χ3n) is 13.8. The van der Waals surface area contributed by atoms with Crippen LogP contribution in [0.5, 0.6) is 0 Å². The molecule has 5 aliphatic carbocycles. The number of rotatable bonds is 2. The molecule has 0 saturated heterocycles. The van der Waals surface area contributed by atoms with Crippen molar-refractivity contribution in [3.05, 3.63) is 157 Å². The maximum Gasteiger partial charge on any atom is 0.0278 e. The number of hydrogen-bond acceptors (Lipinski definition) is 0. The van der Waals surface area contributed by atoms with E-state index in [-0.39, 0.29) is 5.41 Å². The summed E-state index contributed by atoms with van der Waals surface area (Å²) in [5.41, 5.74) is 11.8. The lowest BCUT2D eigenvalue weighted by atomic mass is 9.43. The van der Waals surface area contributed by atoms with Gasteiger partial charge in [0.15, 0.2) is 0 Å². The molecule has 0 atom stereocenters. The van der Waals surface area contributed by atoms with Gasteiger partial charge in [0.2, 0.25) is 0 Å². The smallest absolute Gasteiger partial charge is 0.0278 e. The van der Waals surface area contributed by atoms with Gasteiger partial charge in [0.25, 0.3) is 0 Å². The van der Waals surface area contributed by atoms with Crippen LogP contribution in [0.25, 0.3) is 76.5 Å². The normalized spacial score (nSPS) is 24.5. The third kappa shape index (κ3) is 3.47. The van der Waals surface area contributed by atoms with Crippen molar-refractivity contribution in [2.75, 3.05) is 0 Å². The topological polar surface area (TPSA) is 0 Å². The molecule has 4 saturated carbocycles. The fraction of sp³-hybridized carbons (Fsp3) is 0.200. The summed E-state index contributed by atoms with van der Waals surface area (Å²) >= 11 is 0. The summed E-state index contributed by atoms with van der Waals surface area (Å²) in [6.45, 7) is 0. The van der Waals surface area contributed by atoms with E-state index >= 15 is 0 Å². The number of hydrogen-bond donors (Lipinski definition) is 0. The van der Waals surface area contributed by atoms with Gasteiger partial charge >= 0.3 is 0 Å². The van der Waals surface area contributed by atoms with Gasteiger partial charge in [-0.15, -0.1) is 0 Å². The Balaban J connectivity index is 1.23. The Morgan fingerprint density at radius 3 is 1.60 bits per heavy atom. The molecule has 8 aromatic rings.